The first-order valence-electron chi connectivity index (χ1n) is 9.60. The quantitative estimate of drug-likeness (QED) is 0.221. The molecule has 0 spiro atoms. The van der Waals surface area contributed by atoms with Gasteiger partial charge in [-0.1, -0.05) is 53.0 Å². The Bertz CT molecular complexity index is 1500. The van der Waals surface area contributed by atoms with Crippen LogP contribution in [0, 0.1) is 0 Å². The smallest absolute Gasteiger partial charge is 0.338 e. The number of carbonyl (C=O) groups is 2. The van der Waals surface area contributed by atoms with Gasteiger partial charge in [-0.05, 0) is 48.5 Å². The first-order chi connectivity index (χ1) is 16.1. The van der Waals surface area contributed by atoms with E-state index in [9.17, 15) is 18.0 Å². The highest BCUT2D eigenvalue weighted by Crippen LogP contribution is 2.30. The molecule has 0 saturated carbocycles. The van der Waals surface area contributed by atoms with Crippen molar-refractivity contribution in [1.82, 2.24) is 0 Å². The van der Waals surface area contributed by atoms with Crippen LogP contribution in [0.25, 0.3) is 11.0 Å². The molecule has 0 saturated heterocycles. The van der Waals surface area contributed by atoms with Crippen molar-refractivity contribution < 1.29 is 27.2 Å². The molecule has 3 aromatic carbocycles. The molecule has 0 fully saturated rings. The maximum absolute atomic E-state index is 12.9. The molecule has 0 aliphatic carbocycles. The Morgan fingerprint density at radius 3 is 2.41 bits per heavy atom. The molecule has 4 rings (SSSR count). The molecular formula is C23H14Cl3NO6S. The number of ether oxygens (including phenoxy) is 1. The second-order valence-electron chi connectivity index (χ2n) is 7.02. The Hall–Kier alpha value is -3.04. The summed E-state index contributed by atoms with van der Waals surface area (Å²) in [7, 11) is -4.24. The minimum Gasteiger partial charge on any atom is -0.454 e. The number of Topliss-reactive ketones (excluding diaryl/α,β-unsaturated/α-hetero) is 1. The van der Waals surface area contributed by atoms with Crippen molar-refractivity contribution in [3.8, 4) is 0 Å². The molecule has 1 N–H and O–H groups in total. The van der Waals surface area contributed by atoms with Crippen LogP contribution in [-0.4, -0.2) is 26.8 Å². The molecule has 0 radical (unpaired) electrons. The number of anilines is 1. The Morgan fingerprint density at radius 1 is 0.912 bits per heavy atom. The number of ketones is 1. The van der Waals surface area contributed by atoms with Crippen molar-refractivity contribution in [1.29, 1.82) is 0 Å². The minimum atomic E-state index is -4.24. The topological polar surface area (TPSA) is 103 Å². The number of esters is 1. The third-order valence-electron chi connectivity index (χ3n) is 4.66. The molecular weight excluding hydrogens is 525 g/mol. The van der Waals surface area contributed by atoms with Crippen LogP contribution >= 0.6 is 34.8 Å². The van der Waals surface area contributed by atoms with Gasteiger partial charge in [0.15, 0.2) is 12.4 Å². The Balaban J connectivity index is 1.51. The van der Waals surface area contributed by atoms with Crippen molar-refractivity contribution in [3.05, 3.63) is 93.1 Å². The highest BCUT2D eigenvalue weighted by molar-refractivity contribution is 7.92. The monoisotopic (exact) mass is 537 g/mol. The third kappa shape index (κ3) is 5.20. The zero-order valence-corrected chi connectivity index (χ0v) is 20.1. The fourth-order valence-corrected chi connectivity index (χ4v) is 5.01. The lowest BCUT2D eigenvalue weighted by Gasteiger charge is -2.12. The van der Waals surface area contributed by atoms with Crippen LogP contribution in [-0.2, 0) is 14.8 Å². The summed E-state index contributed by atoms with van der Waals surface area (Å²) in [5, 5.41) is 0.973. The lowest BCUT2D eigenvalue weighted by Crippen LogP contribution is -2.16. The van der Waals surface area contributed by atoms with E-state index in [2.05, 4.69) is 4.72 Å². The Morgan fingerprint density at radius 2 is 1.65 bits per heavy atom. The molecule has 1 heterocycles. The van der Waals surface area contributed by atoms with Gasteiger partial charge in [0.25, 0.3) is 10.0 Å². The van der Waals surface area contributed by atoms with Gasteiger partial charge in [-0.25, -0.2) is 13.2 Å². The van der Waals surface area contributed by atoms with E-state index in [1.165, 1.54) is 30.3 Å². The predicted octanol–water partition coefficient (Wildman–Crippen LogP) is 6.23. The standard InChI is InChI=1S/C23H14Cl3NO6S/c24-15-6-8-16(25)18(11-15)27-34(30,31)22-10-14(5-7-17(22)26)23(29)32-12-19(28)21-9-13-3-1-2-4-20(13)33-21/h1-11,27H,12H2. The Labute approximate surface area is 209 Å². The first kappa shape index (κ1) is 24.1. The molecule has 11 heteroatoms. The van der Waals surface area contributed by atoms with Crippen LogP contribution in [0.1, 0.15) is 20.9 Å². The summed E-state index contributed by atoms with van der Waals surface area (Å²) >= 11 is 18.0. The number of rotatable bonds is 7. The number of hydrogen-bond acceptors (Lipinski definition) is 6. The second kappa shape index (κ2) is 9.68. The van der Waals surface area contributed by atoms with E-state index in [4.69, 9.17) is 44.0 Å². The molecule has 0 aliphatic heterocycles. The molecule has 4 aromatic rings. The molecule has 0 bridgehead atoms. The molecule has 0 aliphatic rings. The van der Waals surface area contributed by atoms with Crippen LogP contribution < -0.4 is 4.72 Å². The zero-order valence-electron chi connectivity index (χ0n) is 17.0. The average Bonchev–Trinajstić information content (AvgIpc) is 3.24. The minimum absolute atomic E-state index is 0.0367. The number of fused-ring (bicyclic) bond motifs is 1. The predicted molar refractivity (Wildman–Crippen MR) is 130 cm³/mol. The van der Waals surface area contributed by atoms with Gasteiger partial charge in [0.05, 0.1) is 21.3 Å². The van der Waals surface area contributed by atoms with Crippen molar-refractivity contribution in [2.24, 2.45) is 0 Å². The summed E-state index contributed by atoms with van der Waals surface area (Å²) in [5.41, 5.74) is 0.436. The van der Waals surface area contributed by atoms with Crippen molar-refractivity contribution >= 4 is 73.2 Å². The number of sulfonamides is 1. The van der Waals surface area contributed by atoms with Gasteiger partial charge < -0.3 is 9.15 Å². The summed E-state index contributed by atoms with van der Waals surface area (Å²) < 4.78 is 38.6. The molecule has 174 valence electrons. The van der Waals surface area contributed by atoms with Crippen molar-refractivity contribution in [2.75, 3.05) is 11.3 Å². The van der Waals surface area contributed by atoms with Crippen molar-refractivity contribution in [3.63, 3.8) is 0 Å². The van der Waals surface area contributed by atoms with Gasteiger partial charge in [-0.3, -0.25) is 9.52 Å². The van der Waals surface area contributed by atoms with E-state index in [1.807, 2.05) is 0 Å². The normalized spacial score (nSPS) is 11.4. The molecule has 0 atom stereocenters. The van der Waals surface area contributed by atoms with Gasteiger partial charge in [0, 0.05) is 10.4 Å². The Kier molecular flexibility index (Phi) is 6.86. The van der Waals surface area contributed by atoms with Crippen LogP contribution in [0.4, 0.5) is 5.69 Å². The summed E-state index contributed by atoms with van der Waals surface area (Å²) in [5.74, 6) is -1.43. The fraction of sp³-hybridized carbons (Fsp3) is 0.0435. The number of carbonyl (C=O) groups excluding carboxylic acids is 2. The lowest BCUT2D eigenvalue weighted by molar-refractivity contribution is 0.0468. The van der Waals surface area contributed by atoms with Gasteiger partial charge in [-0.2, -0.15) is 0 Å². The highest BCUT2D eigenvalue weighted by atomic mass is 35.5. The summed E-state index contributed by atoms with van der Waals surface area (Å²) in [6.45, 7) is -0.597. The SMILES string of the molecule is O=C(OCC(=O)c1cc2ccccc2o1)c1ccc(Cl)c(S(=O)(=O)Nc2cc(Cl)ccc2Cl)c1. The van der Waals surface area contributed by atoms with E-state index >= 15 is 0 Å². The number of benzene rings is 3. The second-order valence-corrected chi connectivity index (χ2v) is 9.92. The lowest BCUT2D eigenvalue weighted by atomic mass is 10.2. The maximum Gasteiger partial charge on any atom is 0.338 e. The molecule has 0 amide bonds. The number of nitrogens with one attached hydrogen (secondary N) is 1. The zero-order chi connectivity index (χ0) is 24.5. The van der Waals surface area contributed by atoms with E-state index in [0.717, 1.165) is 11.5 Å². The molecule has 7 nitrogen and oxygen atoms in total. The first-order valence-corrected chi connectivity index (χ1v) is 12.2. The van der Waals surface area contributed by atoms with E-state index in [-0.39, 0.29) is 37.0 Å². The maximum atomic E-state index is 12.9. The van der Waals surface area contributed by atoms with Gasteiger partial charge in [0.2, 0.25) is 5.78 Å². The summed E-state index contributed by atoms with van der Waals surface area (Å²) in [6.07, 6.45) is 0. The third-order valence-corrected chi connectivity index (χ3v) is 7.08. The largest absolute Gasteiger partial charge is 0.454 e. The van der Waals surface area contributed by atoms with Crippen LogP contribution in [0.5, 0.6) is 0 Å². The van der Waals surface area contributed by atoms with Crippen molar-refractivity contribution in [2.45, 2.75) is 4.90 Å². The number of halogens is 3. The van der Waals surface area contributed by atoms with E-state index in [0.29, 0.717) is 5.58 Å². The van der Waals surface area contributed by atoms with E-state index in [1.54, 1.807) is 30.3 Å². The van der Waals surface area contributed by atoms with Gasteiger partial charge >= 0.3 is 5.97 Å². The number of para-hydroxylation sites is 1. The molecule has 0 unspecified atom stereocenters. The summed E-state index contributed by atoms with van der Waals surface area (Å²) in [4.78, 5) is 24.5. The number of furan rings is 1. The molecule has 34 heavy (non-hydrogen) atoms. The van der Waals surface area contributed by atoms with Gasteiger partial charge in [-0.15, -0.1) is 0 Å². The molecule has 1 aromatic heterocycles. The average molecular weight is 539 g/mol. The van der Waals surface area contributed by atoms with Crippen LogP contribution in [0.15, 0.2) is 76.0 Å². The fourth-order valence-electron chi connectivity index (χ4n) is 3.02. The van der Waals surface area contributed by atoms with Crippen LogP contribution in [0.3, 0.4) is 0 Å². The van der Waals surface area contributed by atoms with Gasteiger partial charge in [0.1, 0.15) is 10.5 Å². The highest BCUT2D eigenvalue weighted by Gasteiger charge is 2.23. The van der Waals surface area contributed by atoms with E-state index < -0.39 is 28.4 Å². The van der Waals surface area contributed by atoms with Crippen LogP contribution in [0.2, 0.25) is 15.1 Å². The number of hydrogen-bond donors (Lipinski definition) is 1. The summed E-state index contributed by atoms with van der Waals surface area (Å²) in [6, 6.07) is 16.4.